The maximum atomic E-state index is 8.88. The van der Waals surface area contributed by atoms with Gasteiger partial charge in [-0.05, 0) is 18.8 Å². The van der Waals surface area contributed by atoms with E-state index < -0.39 is 7.82 Å². The maximum Gasteiger partial charge on any atom is 0.466 e. The molecule has 7 nitrogen and oxygen atoms in total. The van der Waals surface area contributed by atoms with Crippen LogP contribution in [0.4, 0.5) is 0 Å². The number of rotatable bonds is 16. The van der Waals surface area contributed by atoms with Crippen LogP contribution in [0, 0.1) is 5.92 Å². The molecule has 0 aromatic heterocycles. The van der Waals surface area contributed by atoms with Gasteiger partial charge >= 0.3 is 7.82 Å². The molecule has 174 valence electrons. The summed E-state index contributed by atoms with van der Waals surface area (Å²) in [6.45, 7) is 8.40. The zero-order chi connectivity index (χ0) is 22.1. The molecule has 5 N–H and O–H groups in total. The van der Waals surface area contributed by atoms with Gasteiger partial charge in [0, 0.05) is 13.2 Å². The molecule has 0 aliphatic carbocycles. The summed E-state index contributed by atoms with van der Waals surface area (Å²) >= 11 is 0. The van der Waals surface area contributed by atoms with E-state index in [1.54, 1.807) is 0 Å². The molecule has 0 bridgehead atoms. The van der Waals surface area contributed by atoms with Gasteiger partial charge in [-0.2, -0.15) is 0 Å². The molecule has 0 aromatic carbocycles. The van der Waals surface area contributed by atoms with Gasteiger partial charge in [0.2, 0.25) is 0 Å². The van der Waals surface area contributed by atoms with E-state index in [0.29, 0.717) is 19.1 Å². The van der Waals surface area contributed by atoms with Crippen LogP contribution in [0.1, 0.15) is 97.8 Å². The van der Waals surface area contributed by atoms with Gasteiger partial charge in [0.05, 0.1) is 13.2 Å². The summed E-state index contributed by atoms with van der Waals surface area (Å²) in [7, 11) is -4.64. The second-order valence-electron chi connectivity index (χ2n) is 6.92. The molecule has 0 spiro atoms. The first-order chi connectivity index (χ1) is 13.3. The smallest absolute Gasteiger partial charge is 0.396 e. The van der Waals surface area contributed by atoms with E-state index in [-0.39, 0.29) is 6.61 Å². The van der Waals surface area contributed by atoms with Crippen molar-refractivity contribution >= 4 is 7.82 Å². The lowest BCUT2D eigenvalue weighted by Crippen LogP contribution is -2.03. The van der Waals surface area contributed by atoms with Gasteiger partial charge in [-0.15, -0.1) is 0 Å². The Bertz CT molecular complexity index is 287. The van der Waals surface area contributed by atoms with Crippen LogP contribution >= 0.6 is 7.82 Å². The van der Waals surface area contributed by atoms with E-state index >= 15 is 0 Å². The predicted octanol–water partition coefficient (Wildman–Crippen LogP) is 4.40. The van der Waals surface area contributed by atoms with E-state index in [4.69, 9.17) is 34.2 Å². The molecule has 0 saturated heterocycles. The fourth-order valence-electron chi connectivity index (χ4n) is 2.42. The highest BCUT2D eigenvalue weighted by Crippen LogP contribution is 2.25. The molecule has 1 atom stereocenters. The van der Waals surface area contributed by atoms with E-state index in [2.05, 4.69) is 20.8 Å². The highest BCUT2D eigenvalue weighted by Gasteiger charge is 2.01. The Morgan fingerprint density at radius 2 is 1.21 bits per heavy atom. The van der Waals surface area contributed by atoms with Crippen LogP contribution in [0.5, 0.6) is 0 Å². The molecule has 0 saturated carbocycles. The second-order valence-corrected chi connectivity index (χ2v) is 7.95. The molecule has 0 aromatic rings. The summed E-state index contributed by atoms with van der Waals surface area (Å²) < 4.78 is 14.1. The number of phosphoric acid groups is 1. The summed E-state index contributed by atoms with van der Waals surface area (Å²) in [5.74, 6) is 0.560. The molecule has 0 fully saturated rings. The van der Waals surface area contributed by atoms with Gasteiger partial charge in [-0.3, -0.25) is 0 Å². The Kier molecular flexibility index (Phi) is 31.5. The predicted molar refractivity (Wildman–Crippen MR) is 115 cm³/mol. The molecule has 0 heterocycles. The summed E-state index contributed by atoms with van der Waals surface area (Å²) in [6.07, 6.45) is 15.5. The van der Waals surface area contributed by atoms with Crippen molar-refractivity contribution < 1.29 is 34.2 Å². The quantitative estimate of drug-likeness (QED) is 0.181. The molecule has 0 rings (SSSR count). The number of hydrogen-bond donors (Lipinski definition) is 5. The molecule has 0 amide bonds. The number of unbranched alkanes of at least 4 members (excludes halogenated alkanes) is 8. The van der Waals surface area contributed by atoms with Crippen LogP contribution in [0.3, 0.4) is 0 Å². The molecule has 0 aliphatic heterocycles. The lowest BCUT2D eigenvalue weighted by atomic mass is 10.0. The first-order valence-corrected chi connectivity index (χ1v) is 12.4. The fourth-order valence-corrected chi connectivity index (χ4v) is 2.42. The number of hydrogen-bond acceptors (Lipinski definition) is 4. The van der Waals surface area contributed by atoms with Gasteiger partial charge < -0.3 is 29.6 Å². The van der Waals surface area contributed by atoms with Crippen LogP contribution in [0.25, 0.3) is 0 Å². The highest BCUT2D eigenvalue weighted by molar-refractivity contribution is 7.45. The van der Waals surface area contributed by atoms with Crippen LogP contribution in [0.2, 0.25) is 0 Å². The third-order valence-corrected chi connectivity index (χ3v) is 4.18. The van der Waals surface area contributed by atoms with Crippen molar-refractivity contribution in [3.05, 3.63) is 0 Å². The van der Waals surface area contributed by atoms with E-state index in [0.717, 1.165) is 19.4 Å². The zero-order valence-electron chi connectivity index (χ0n) is 18.4. The molecule has 0 aliphatic rings. The zero-order valence-corrected chi connectivity index (χ0v) is 19.3. The van der Waals surface area contributed by atoms with Crippen LogP contribution in [-0.4, -0.2) is 51.3 Å². The number of ether oxygens (including phenoxy) is 1. The van der Waals surface area contributed by atoms with Crippen LogP contribution in [-0.2, 0) is 9.30 Å². The minimum absolute atomic E-state index is 0.150. The van der Waals surface area contributed by atoms with Crippen molar-refractivity contribution in [1.82, 2.24) is 0 Å². The molecule has 1 unspecified atom stereocenters. The van der Waals surface area contributed by atoms with E-state index in [1.165, 1.54) is 64.2 Å². The Morgan fingerprint density at radius 3 is 1.61 bits per heavy atom. The molecule has 8 heteroatoms. The van der Waals surface area contributed by atoms with Crippen LogP contribution < -0.4 is 0 Å². The highest BCUT2D eigenvalue weighted by atomic mass is 31.2. The van der Waals surface area contributed by atoms with Crippen molar-refractivity contribution in [2.75, 3.05) is 26.4 Å². The molecule has 28 heavy (non-hydrogen) atoms. The lowest BCUT2D eigenvalue weighted by molar-refractivity contribution is 0.0895. The molecular weight excluding hydrogens is 383 g/mol. The van der Waals surface area contributed by atoms with E-state index in [1.807, 2.05) is 0 Å². The van der Waals surface area contributed by atoms with Gasteiger partial charge in [-0.1, -0.05) is 85.0 Å². The number of aliphatic hydroxyl groups is 2. The topological polar surface area (TPSA) is 127 Å². The van der Waals surface area contributed by atoms with Gasteiger partial charge in [0.1, 0.15) is 0 Å². The minimum Gasteiger partial charge on any atom is -0.396 e. The molecule has 0 radical (unpaired) electrons. The monoisotopic (exact) mass is 430 g/mol. The summed E-state index contributed by atoms with van der Waals surface area (Å²) in [5.41, 5.74) is 0. The average molecular weight is 431 g/mol. The Labute approximate surface area is 172 Å². The number of aliphatic hydroxyl groups excluding tert-OH is 2. The van der Waals surface area contributed by atoms with Crippen molar-refractivity contribution in [2.45, 2.75) is 97.8 Å². The minimum atomic E-state index is -4.64. The third-order valence-electron chi connectivity index (χ3n) is 4.18. The van der Waals surface area contributed by atoms with Gasteiger partial charge in [0.25, 0.3) is 0 Å². The fraction of sp³-hybridized carbons (Fsp3) is 1.00. The average Bonchev–Trinajstić information content (AvgIpc) is 2.63. The summed E-state index contributed by atoms with van der Waals surface area (Å²) in [4.78, 5) is 21.6. The summed E-state index contributed by atoms with van der Waals surface area (Å²) in [6, 6.07) is 0. The Balaban J connectivity index is -0.000000381. The Hall–Kier alpha value is -0.0100. The van der Waals surface area contributed by atoms with Crippen molar-refractivity contribution in [3.63, 3.8) is 0 Å². The largest absolute Gasteiger partial charge is 0.466 e. The third kappa shape index (κ3) is 45.0. The summed E-state index contributed by atoms with van der Waals surface area (Å²) in [5, 5.41) is 17.2. The Morgan fingerprint density at radius 1 is 0.750 bits per heavy atom. The van der Waals surface area contributed by atoms with Crippen molar-refractivity contribution in [3.8, 4) is 0 Å². The van der Waals surface area contributed by atoms with Crippen molar-refractivity contribution in [2.24, 2.45) is 5.92 Å². The normalized spacial score (nSPS) is 11.9. The standard InChI is InChI=1S/C12H26O2.C8H18O.H3O4P/c1-2-3-4-5-6-7-8-9-11-14-12-10-13;1-3-5-6-8(4-2)7-9;1-5(2,3)4/h13H,2-12H2,1H3;8-9H,3-7H2,1-2H3;(H3,1,2,3,4). The second kappa shape index (κ2) is 27.0. The lowest BCUT2D eigenvalue weighted by Gasteiger charge is -2.08. The van der Waals surface area contributed by atoms with Crippen LogP contribution in [0.15, 0.2) is 0 Å². The maximum absolute atomic E-state index is 8.88. The van der Waals surface area contributed by atoms with Gasteiger partial charge in [0.15, 0.2) is 0 Å². The van der Waals surface area contributed by atoms with Gasteiger partial charge in [-0.25, -0.2) is 4.57 Å². The SMILES string of the molecule is CCCCC(CC)CO.CCCCCCCCCCOCCO.O=P(O)(O)O. The van der Waals surface area contributed by atoms with Crippen molar-refractivity contribution in [1.29, 1.82) is 0 Å². The molecular formula is C20H47O7P. The van der Waals surface area contributed by atoms with E-state index in [9.17, 15) is 0 Å². The first-order valence-electron chi connectivity index (χ1n) is 10.8. The first kappa shape index (κ1) is 32.6.